The van der Waals surface area contributed by atoms with E-state index in [4.69, 9.17) is 9.97 Å². The molecule has 2 rings (SSSR count). The summed E-state index contributed by atoms with van der Waals surface area (Å²) >= 11 is 0. The molecule has 0 radical (unpaired) electrons. The summed E-state index contributed by atoms with van der Waals surface area (Å²) in [5.41, 5.74) is 1.17. The molecule has 1 saturated carbocycles. The van der Waals surface area contributed by atoms with E-state index in [2.05, 4.69) is 25.2 Å². The molecule has 1 aromatic heterocycles. The number of hydrogen-bond acceptors (Lipinski definition) is 3. The predicted octanol–water partition coefficient (Wildman–Crippen LogP) is 3.91. The molecule has 0 atom stereocenters. The first-order chi connectivity index (χ1) is 8.83. The van der Waals surface area contributed by atoms with Crippen LogP contribution in [0.2, 0.25) is 0 Å². The molecule has 1 aliphatic carbocycles. The van der Waals surface area contributed by atoms with Gasteiger partial charge in [0.2, 0.25) is 0 Å². The SMILES string of the molecule is CCNc1cc(CC)nc(C2CCCCCC2)n1. The third-order valence-corrected chi connectivity index (χ3v) is 3.74. The van der Waals surface area contributed by atoms with Gasteiger partial charge in [-0.25, -0.2) is 9.97 Å². The second-order valence-electron chi connectivity index (χ2n) is 5.18. The van der Waals surface area contributed by atoms with Gasteiger partial charge >= 0.3 is 0 Å². The Hall–Kier alpha value is -1.12. The van der Waals surface area contributed by atoms with Gasteiger partial charge in [0.05, 0.1) is 0 Å². The van der Waals surface area contributed by atoms with Crippen LogP contribution in [-0.2, 0) is 6.42 Å². The molecular weight excluding hydrogens is 222 g/mol. The number of rotatable bonds is 4. The molecule has 0 aliphatic heterocycles. The Labute approximate surface area is 110 Å². The van der Waals surface area contributed by atoms with Crippen molar-refractivity contribution < 1.29 is 0 Å². The maximum absolute atomic E-state index is 4.75. The van der Waals surface area contributed by atoms with Crippen LogP contribution in [0.1, 0.15) is 69.8 Å². The minimum absolute atomic E-state index is 0.580. The lowest BCUT2D eigenvalue weighted by atomic mass is 9.99. The van der Waals surface area contributed by atoms with Crippen LogP contribution in [0.15, 0.2) is 6.07 Å². The summed E-state index contributed by atoms with van der Waals surface area (Å²) in [5, 5.41) is 3.33. The molecule has 100 valence electrons. The summed E-state index contributed by atoms with van der Waals surface area (Å²) in [4.78, 5) is 9.46. The van der Waals surface area contributed by atoms with Crippen molar-refractivity contribution >= 4 is 5.82 Å². The molecule has 3 heteroatoms. The second-order valence-corrected chi connectivity index (χ2v) is 5.18. The molecular formula is C15H25N3. The van der Waals surface area contributed by atoms with Gasteiger partial charge in [0.25, 0.3) is 0 Å². The highest BCUT2D eigenvalue weighted by Crippen LogP contribution is 2.30. The third-order valence-electron chi connectivity index (χ3n) is 3.74. The Morgan fingerprint density at radius 2 is 1.83 bits per heavy atom. The zero-order chi connectivity index (χ0) is 12.8. The molecule has 3 nitrogen and oxygen atoms in total. The van der Waals surface area contributed by atoms with Crippen molar-refractivity contribution in [1.82, 2.24) is 9.97 Å². The van der Waals surface area contributed by atoms with E-state index in [9.17, 15) is 0 Å². The standard InChI is InChI=1S/C15H25N3/c1-3-13-11-14(16-4-2)18-15(17-13)12-9-7-5-6-8-10-12/h11-12H,3-10H2,1-2H3,(H,16,17,18). The summed E-state index contributed by atoms with van der Waals surface area (Å²) < 4.78 is 0. The molecule has 0 saturated heterocycles. The maximum atomic E-state index is 4.75. The summed E-state index contributed by atoms with van der Waals surface area (Å²) in [6.07, 6.45) is 8.94. The van der Waals surface area contributed by atoms with E-state index in [0.717, 1.165) is 24.6 Å². The zero-order valence-electron chi connectivity index (χ0n) is 11.7. The summed E-state index contributed by atoms with van der Waals surface area (Å²) in [7, 11) is 0. The lowest BCUT2D eigenvalue weighted by Gasteiger charge is -2.15. The molecule has 18 heavy (non-hydrogen) atoms. The predicted molar refractivity (Wildman–Crippen MR) is 76.0 cm³/mol. The Morgan fingerprint density at radius 3 is 2.44 bits per heavy atom. The second kappa shape index (κ2) is 6.72. The Bertz CT molecular complexity index is 368. The van der Waals surface area contributed by atoms with Gasteiger partial charge in [-0.2, -0.15) is 0 Å². The van der Waals surface area contributed by atoms with Gasteiger partial charge in [-0.15, -0.1) is 0 Å². The van der Waals surface area contributed by atoms with E-state index in [0.29, 0.717) is 5.92 Å². The normalized spacial score (nSPS) is 17.4. The smallest absolute Gasteiger partial charge is 0.134 e. The fourth-order valence-corrected chi connectivity index (χ4v) is 2.69. The first kappa shape index (κ1) is 13.3. The molecule has 0 amide bonds. The van der Waals surface area contributed by atoms with Crippen molar-refractivity contribution in [3.8, 4) is 0 Å². The van der Waals surface area contributed by atoms with Crippen LogP contribution >= 0.6 is 0 Å². The highest BCUT2D eigenvalue weighted by Gasteiger charge is 2.18. The fourth-order valence-electron chi connectivity index (χ4n) is 2.69. The zero-order valence-corrected chi connectivity index (χ0v) is 11.7. The van der Waals surface area contributed by atoms with E-state index in [1.807, 2.05) is 0 Å². The number of anilines is 1. The summed E-state index contributed by atoms with van der Waals surface area (Å²) in [5.74, 6) is 2.66. The first-order valence-electron chi connectivity index (χ1n) is 7.45. The number of aryl methyl sites for hydroxylation is 1. The van der Waals surface area contributed by atoms with Crippen molar-refractivity contribution in [2.24, 2.45) is 0 Å². The Kier molecular flexibility index (Phi) is 4.97. The van der Waals surface area contributed by atoms with Crippen molar-refractivity contribution in [3.63, 3.8) is 0 Å². The summed E-state index contributed by atoms with van der Waals surface area (Å²) in [6.45, 7) is 5.19. The summed E-state index contributed by atoms with van der Waals surface area (Å²) in [6, 6.07) is 2.09. The highest BCUT2D eigenvalue weighted by atomic mass is 15.0. The average molecular weight is 247 g/mol. The molecule has 0 spiro atoms. The van der Waals surface area contributed by atoms with Crippen molar-refractivity contribution in [2.45, 2.75) is 64.7 Å². The molecule has 0 aromatic carbocycles. The van der Waals surface area contributed by atoms with Gasteiger partial charge in [-0.1, -0.05) is 32.6 Å². The number of nitrogens with zero attached hydrogens (tertiary/aromatic N) is 2. The molecule has 1 fully saturated rings. The third kappa shape index (κ3) is 3.44. The quantitative estimate of drug-likeness (QED) is 0.820. The average Bonchev–Trinajstić information content (AvgIpc) is 2.67. The maximum Gasteiger partial charge on any atom is 0.134 e. The van der Waals surface area contributed by atoms with Crippen molar-refractivity contribution in [3.05, 3.63) is 17.6 Å². The van der Waals surface area contributed by atoms with Crippen molar-refractivity contribution in [2.75, 3.05) is 11.9 Å². The topological polar surface area (TPSA) is 37.8 Å². The van der Waals surface area contributed by atoms with Crippen LogP contribution in [-0.4, -0.2) is 16.5 Å². The van der Waals surface area contributed by atoms with Crippen LogP contribution in [0.3, 0.4) is 0 Å². The van der Waals surface area contributed by atoms with Gasteiger partial charge in [0.1, 0.15) is 11.6 Å². The monoisotopic (exact) mass is 247 g/mol. The number of aromatic nitrogens is 2. The first-order valence-corrected chi connectivity index (χ1v) is 7.45. The van der Waals surface area contributed by atoms with Gasteiger partial charge < -0.3 is 5.32 Å². The van der Waals surface area contributed by atoms with E-state index in [1.165, 1.54) is 44.2 Å². The molecule has 1 heterocycles. The van der Waals surface area contributed by atoms with Gasteiger partial charge in [0, 0.05) is 24.2 Å². The van der Waals surface area contributed by atoms with Crippen molar-refractivity contribution in [1.29, 1.82) is 0 Å². The highest BCUT2D eigenvalue weighted by molar-refractivity contribution is 5.36. The van der Waals surface area contributed by atoms with E-state index in [1.54, 1.807) is 0 Å². The molecule has 1 N–H and O–H groups in total. The molecule has 1 aromatic rings. The minimum atomic E-state index is 0.580. The van der Waals surface area contributed by atoms with Crippen LogP contribution in [0.25, 0.3) is 0 Å². The number of hydrogen-bond donors (Lipinski definition) is 1. The molecule has 0 unspecified atom stereocenters. The van der Waals surface area contributed by atoms with E-state index in [-0.39, 0.29) is 0 Å². The lowest BCUT2D eigenvalue weighted by Crippen LogP contribution is -2.09. The van der Waals surface area contributed by atoms with E-state index < -0.39 is 0 Å². The minimum Gasteiger partial charge on any atom is -0.370 e. The van der Waals surface area contributed by atoms with E-state index >= 15 is 0 Å². The fraction of sp³-hybridized carbons (Fsp3) is 0.733. The Balaban J connectivity index is 2.21. The number of nitrogens with one attached hydrogen (secondary N) is 1. The van der Waals surface area contributed by atoms with Crippen LogP contribution in [0.4, 0.5) is 5.82 Å². The van der Waals surface area contributed by atoms with Gasteiger partial charge in [0.15, 0.2) is 0 Å². The lowest BCUT2D eigenvalue weighted by molar-refractivity contribution is 0.558. The molecule has 1 aliphatic rings. The van der Waals surface area contributed by atoms with Gasteiger partial charge in [-0.3, -0.25) is 0 Å². The van der Waals surface area contributed by atoms with Gasteiger partial charge in [-0.05, 0) is 26.2 Å². The Morgan fingerprint density at radius 1 is 1.11 bits per heavy atom. The van der Waals surface area contributed by atoms with Crippen LogP contribution in [0, 0.1) is 0 Å². The molecule has 0 bridgehead atoms. The largest absolute Gasteiger partial charge is 0.370 e. The van der Waals surface area contributed by atoms with Crippen LogP contribution in [0.5, 0.6) is 0 Å². The van der Waals surface area contributed by atoms with Crippen LogP contribution < -0.4 is 5.32 Å².